The number of carbonyl (C=O) groups excluding carboxylic acids is 2. The number of urea groups is 1. The van der Waals surface area contributed by atoms with Gasteiger partial charge in [-0.3, -0.25) is 4.79 Å². The van der Waals surface area contributed by atoms with Crippen LogP contribution in [0.1, 0.15) is 43.0 Å². The van der Waals surface area contributed by atoms with Crippen molar-refractivity contribution in [3.05, 3.63) is 54.1 Å². The van der Waals surface area contributed by atoms with E-state index in [0.29, 0.717) is 29.4 Å². The molecule has 4 rings (SSSR count). The van der Waals surface area contributed by atoms with Crippen LogP contribution in [0, 0.1) is 5.92 Å². The Hall–Kier alpha value is -3.06. The van der Waals surface area contributed by atoms with Gasteiger partial charge in [-0.15, -0.1) is 0 Å². The van der Waals surface area contributed by atoms with E-state index >= 15 is 0 Å². The van der Waals surface area contributed by atoms with E-state index < -0.39 is 0 Å². The van der Waals surface area contributed by atoms with Crippen molar-refractivity contribution in [3.8, 4) is 0 Å². The maximum atomic E-state index is 13.1. The number of piperidine rings is 1. The summed E-state index contributed by atoms with van der Waals surface area (Å²) in [7, 11) is 0. The van der Waals surface area contributed by atoms with Crippen molar-refractivity contribution < 1.29 is 14.3 Å². The lowest BCUT2D eigenvalue weighted by Gasteiger charge is -2.33. The number of hydrogen-bond donors (Lipinski definition) is 3. The average molecular weight is 437 g/mol. The van der Waals surface area contributed by atoms with Crippen molar-refractivity contribution >= 4 is 29.0 Å². The number of carbonyl (C=O) groups is 2. The van der Waals surface area contributed by atoms with Crippen LogP contribution in [0.2, 0.25) is 0 Å². The second-order valence-electron chi connectivity index (χ2n) is 8.69. The van der Waals surface area contributed by atoms with E-state index in [9.17, 15) is 9.59 Å². The summed E-state index contributed by atoms with van der Waals surface area (Å²) in [5.74, 6) is 0.562. The molecule has 0 aliphatic carbocycles. The zero-order valence-corrected chi connectivity index (χ0v) is 18.6. The number of nitrogens with one attached hydrogen (secondary N) is 3. The van der Waals surface area contributed by atoms with Gasteiger partial charge in [0, 0.05) is 43.3 Å². The molecule has 7 nitrogen and oxygen atoms in total. The van der Waals surface area contributed by atoms with Gasteiger partial charge in [-0.25, -0.2) is 4.79 Å². The number of rotatable bonds is 6. The molecule has 2 aliphatic heterocycles. The Labute approximate surface area is 189 Å². The Morgan fingerprint density at radius 1 is 1.00 bits per heavy atom. The average Bonchev–Trinajstić information content (AvgIpc) is 3.32. The van der Waals surface area contributed by atoms with Gasteiger partial charge >= 0.3 is 6.03 Å². The molecule has 0 spiro atoms. The molecular formula is C25H32N4O3. The van der Waals surface area contributed by atoms with E-state index in [1.165, 1.54) is 0 Å². The zero-order chi connectivity index (χ0) is 22.3. The normalized spacial score (nSPS) is 18.9. The van der Waals surface area contributed by atoms with Crippen LogP contribution in [0.3, 0.4) is 0 Å². The van der Waals surface area contributed by atoms with Gasteiger partial charge in [-0.05, 0) is 61.9 Å². The minimum Gasteiger partial charge on any atom is -0.376 e. The molecule has 2 heterocycles. The standard InChI is InChI=1S/C25H32N4O3/c1-18-11-13-29(14-12-18)23-10-9-20(28-25(31)27-19-6-3-2-4-7-19)16-22(23)24(30)26-17-21-8-5-15-32-21/h2-4,6-7,9-10,16,18,21H,5,8,11-15,17H2,1H3,(H,26,30)(H2,27,28,31)/t21-/m1/s1. The third-order valence-electron chi connectivity index (χ3n) is 6.17. The highest BCUT2D eigenvalue weighted by atomic mass is 16.5. The van der Waals surface area contributed by atoms with E-state index in [0.717, 1.165) is 51.1 Å². The molecule has 2 fully saturated rings. The molecule has 2 aliphatic rings. The molecule has 2 aromatic carbocycles. The topological polar surface area (TPSA) is 82.7 Å². The Bertz CT molecular complexity index is 920. The summed E-state index contributed by atoms with van der Waals surface area (Å²) >= 11 is 0. The van der Waals surface area contributed by atoms with E-state index in [4.69, 9.17) is 4.74 Å². The van der Waals surface area contributed by atoms with Crippen LogP contribution in [0.5, 0.6) is 0 Å². The number of amides is 3. The van der Waals surface area contributed by atoms with Crippen molar-refractivity contribution in [2.75, 3.05) is 41.8 Å². The molecule has 3 amide bonds. The van der Waals surface area contributed by atoms with Gasteiger partial charge < -0.3 is 25.6 Å². The van der Waals surface area contributed by atoms with Crippen LogP contribution in [-0.2, 0) is 4.74 Å². The van der Waals surface area contributed by atoms with E-state index in [1.54, 1.807) is 6.07 Å². The van der Waals surface area contributed by atoms with Crippen molar-refractivity contribution in [2.24, 2.45) is 5.92 Å². The molecule has 170 valence electrons. The van der Waals surface area contributed by atoms with Crippen LogP contribution in [0.15, 0.2) is 48.5 Å². The fourth-order valence-electron chi connectivity index (χ4n) is 4.24. The van der Waals surface area contributed by atoms with Crippen LogP contribution in [0.4, 0.5) is 21.9 Å². The van der Waals surface area contributed by atoms with Crippen LogP contribution in [-0.4, -0.2) is 44.3 Å². The number of para-hydroxylation sites is 1. The number of benzene rings is 2. The molecule has 0 radical (unpaired) electrons. The lowest BCUT2D eigenvalue weighted by Crippen LogP contribution is -2.36. The first kappa shape index (κ1) is 22.1. The Morgan fingerprint density at radius 3 is 2.47 bits per heavy atom. The Kier molecular flexibility index (Phi) is 7.27. The fraction of sp³-hybridized carbons (Fsp3) is 0.440. The SMILES string of the molecule is CC1CCN(c2ccc(NC(=O)Nc3ccccc3)cc2C(=O)NC[C@H]2CCCO2)CC1. The molecule has 0 aromatic heterocycles. The molecule has 0 saturated carbocycles. The molecule has 32 heavy (non-hydrogen) atoms. The largest absolute Gasteiger partial charge is 0.376 e. The predicted molar refractivity (Wildman–Crippen MR) is 127 cm³/mol. The molecule has 0 bridgehead atoms. The predicted octanol–water partition coefficient (Wildman–Crippen LogP) is 4.48. The van der Waals surface area contributed by atoms with Crippen molar-refractivity contribution in [3.63, 3.8) is 0 Å². The van der Waals surface area contributed by atoms with Crippen molar-refractivity contribution in [1.82, 2.24) is 5.32 Å². The lowest BCUT2D eigenvalue weighted by atomic mass is 9.97. The smallest absolute Gasteiger partial charge is 0.323 e. The summed E-state index contributed by atoms with van der Waals surface area (Å²) in [6.45, 7) is 5.38. The molecule has 2 saturated heterocycles. The third-order valence-corrected chi connectivity index (χ3v) is 6.17. The van der Waals surface area contributed by atoms with Crippen LogP contribution < -0.4 is 20.9 Å². The van der Waals surface area contributed by atoms with Crippen molar-refractivity contribution in [1.29, 1.82) is 0 Å². The first-order valence-corrected chi connectivity index (χ1v) is 11.5. The summed E-state index contributed by atoms with van der Waals surface area (Å²) in [4.78, 5) is 27.8. The quantitative estimate of drug-likeness (QED) is 0.624. The monoisotopic (exact) mass is 436 g/mol. The fourth-order valence-corrected chi connectivity index (χ4v) is 4.24. The highest BCUT2D eigenvalue weighted by Crippen LogP contribution is 2.29. The zero-order valence-electron chi connectivity index (χ0n) is 18.6. The van der Waals surface area contributed by atoms with E-state index in [-0.39, 0.29) is 18.0 Å². The third kappa shape index (κ3) is 5.79. The maximum absolute atomic E-state index is 13.1. The van der Waals surface area contributed by atoms with E-state index in [2.05, 4.69) is 27.8 Å². The second kappa shape index (κ2) is 10.5. The first-order valence-electron chi connectivity index (χ1n) is 11.5. The summed E-state index contributed by atoms with van der Waals surface area (Å²) in [5, 5.41) is 8.68. The van der Waals surface area contributed by atoms with Gasteiger partial charge in [0.2, 0.25) is 0 Å². The highest BCUT2D eigenvalue weighted by molar-refractivity contribution is 6.04. The highest BCUT2D eigenvalue weighted by Gasteiger charge is 2.23. The number of hydrogen-bond acceptors (Lipinski definition) is 4. The number of ether oxygens (including phenoxy) is 1. The van der Waals surface area contributed by atoms with Crippen LogP contribution >= 0.6 is 0 Å². The summed E-state index contributed by atoms with van der Waals surface area (Å²) in [6, 6.07) is 14.5. The molecule has 0 unspecified atom stereocenters. The molecule has 2 aromatic rings. The second-order valence-corrected chi connectivity index (χ2v) is 8.69. The minimum atomic E-state index is -0.346. The summed E-state index contributed by atoms with van der Waals surface area (Å²) in [6.07, 6.45) is 4.30. The van der Waals surface area contributed by atoms with Gasteiger partial charge in [0.15, 0.2) is 0 Å². The van der Waals surface area contributed by atoms with Crippen LogP contribution in [0.25, 0.3) is 0 Å². The number of anilines is 3. The first-order chi connectivity index (χ1) is 15.6. The van der Waals surface area contributed by atoms with E-state index in [1.807, 2.05) is 42.5 Å². The lowest BCUT2D eigenvalue weighted by molar-refractivity contribution is 0.0858. The maximum Gasteiger partial charge on any atom is 0.323 e. The van der Waals surface area contributed by atoms with Crippen molar-refractivity contribution in [2.45, 2.75) is 38.7 Å². The Balaban J connectivity index is 1.49. The van der Waals surface area contributed by atoms with Gasteiger partial charge in [0.05, 0.1) is 11.7 Å². The minimum absolute atomic E-state index is 0.0798. The summed E-state index contributed by atoms with van der Waals surface area (Å²) < 4.78 is 5.64. The molecule has 7 heteroatoms. The Morgan fingerprint density at radius 2 is 1.75 bits per heavy atom. The van der Waals surface area contributed by atoms with Gasteiger partial charge in [-0.2, -0.15) is 0 Å². The number of nitrogens with zero attached hydrogens (tertiary/aromatic N) is 1. The van der Waals surface area contributed by atoms with Gasteiger partial charge in [0.1, 0.15) is 0 Å². The molecular weight excluding hydrogens is 404 g/mol. The van der Waals surface area contributed by atoms with Gasteiger partial charge in [0.25, 0.3) is 5.91 Å². The molecule has 3 N–H and O–H groups in total. The van der Waals surface area contributed by atoms with Gasteiger partial charge in [-0.1, -0.05) is 25.1 Å². The summed E-state index contributed by atoms with van der Waals surface area (Å²) in [5.41, 5.74) is 2.78. The molecule has 1 atom stereocenters.